The number of ether oxygens (including phenoxy) is 2. The molecule has 0 saturated carbocycles. The van der Waals surface area contributed by atoms with Crippen molar-refractivity contribution >= 4 is 18.0 Å². The number of carbonyl (C=O) groups excluding carboxylic acids is 2. The van der Waals surface area contributed by atoms with Crippen LogP contribution in [-0.4, -0.2) is 29.1 Å². The normalized spacial score (nSPS) is 11.6. The molecule has 5 heteroatoms. The van der Waals surface area contributed by atoms with Crippen LogP contribution in [0.4, 0.5) is 0 Å². The summed E-state index contributed by atoms with van der Waals surface area (Å²) < 4.78 is 9.97. The maximum absolute atomic E-state index is 11.5. The van der Waals surface area contributed by atoms with E-state index in [1.807, 2.05) is 0 Å². The summed E-state index contributed by atoms with van der Waals surface area (Å²) in [6, 6.07) is 3.29. The number of aromatic nitrogens is 1. The second-order valence-electron chi connectivity index (χ2n) is 4.91. The number of hydrogen-bond acceptors (Lipinski definition) is 4. The van der Waals surface area contributed by atoms with Gasteiger partial charge in [0.25, 0.3) is 0 Å². The van der Waals surface area contributed by atoms with Gasteiger partial charge in [0, 0.05) is 11.8 Å². The summed E-state index contributed by atoms with van der Waals surface area (Å²) in [6.07, 6.45) is 2.86. The van der Waals surface area contributed by atoms with Gasteiger partial charge in [-0.15, -0.1) is 0 Å². The molecule has 0 spiro atoms. The van der Waals surface area contributed by atoms with E-state index >= 15 is 0 Å². The quantitative estimate of drug-likeness (QED) is 0.671. The summed E-state index contributed by atoms with van der Waals surface area (Å²) in [7, 11) is 0. The second-order valence-corrected chi connectivity index (χ2v) is 4.91. The number of aromatic amines is 1. The number of nitrogens with one attached hydrogen (secondary N) is 1. The van der Waals surface area contributed by atoms with Crippen molar-refractivity contribution in [2.75, 3.05) is 6.61 Å². The van der Waals surface area contributed by atoms with E-state index < -0.39 is 17.5 Å². The first-order chi connectivity index (χ1) is 8.81. The average Bonchev–Trinajstić information content (AvgIpc) is 2.73. The standard InChI is InChI=1S/C14H19NO4/c1-5-18-13(17)11-8-6-10(15-11)7-9-12(16)19-14(2,3)4/h6-9,15H,5H2,1-4H3. The minimum Gasteiger partial charge on any atom is -0.461 e. The van der Waals surface area contributed by atoms with Crippen LogP contribution in [0.25, 0.3) is 6.08 Å². The van der Waals surface area contributed by atoms with Crippen molar-refractivity contribution in [2.24, 2.45) is 0 Å². The van der Waals surface area contributed by atoms with Crippen LogP contribution in [0.3, 0.4) is 0 Å². The average molecular weight is 265 g/mol. The molecule has 0 aliphatic rings. The molecule has 19 heavy (non-hydrogen) atoms. The molecule has 104 valence electrons. The topological polar surface area (TPSA) is 68.4 Å². The number of esters is 2. The van der Waals surface area contributed by atoms with Crippen molar-refractivity contribution in [1.29, 1.82) is 0 Å². The molecule has 0 radical (unpaired) electrons. The molecule has 1 N–H and O–H groups in total. The van der Waals surface area contributed by atoms with Crippen molar-refractivity contribution in [1.82, 2.24) is 4.98 Å². The fourth-order valence-corrected chi connectivity index (χ4v) is 1.33. The Hall–Kier alpha value is -2.04. The van der Waals surface area contributed by atoms with E-state index in [0.29, 0.717) is 18.0 Å². The molecule has 1 aromatic heterocycles. The van der Waals surface area contributed by atoms with Crippen molar-refractivity contribution in [3.05, 3.63) is 29.6 Å². The number of H-pyrrole nitrogens is 1. The first-order valence-electron chi connectivity index (χ1n) is 6.09. The number of rotatable bonds is 4. The Bertz CT molecular complexity index is 480. The van der Waals surface area contributed by atoms with Crippen LogP contribution in [0.15, 0.2) is 18.2 Å². The molecule has 0 fully saturated rings. The molecule has 0 aromatic carbocycles. The van der Waals surface area contributed by atoms with E-state index in [-0.39, 0.29) is 0 Å². The zero-order chi connectivity index (χ0) is 14.5. The molecule has 1 rings (SSSR count). The molecule has 1 aromatic rings. The molecular formula is C14H19NO4. The summed E-state index contributed by atoms with van der Waals surface area (Å²) >= 11 is 0. The Morgan fingerprint density at radius 2 is 2.00 bits per heavy atom. The van der Waals surface area contributed by atoms with E-state index in [1.165, 1.54) is 6.08 Å². The fraction of sp³-hybridized carbons (Fsp3) is 0.429. The number of hydrogen-bond donors (Lipinski definition) is 1. The van der Waals surface area contributed by atoms with Crippen LogP contribution in [0.1, 0.15) is 43.9 Å². The van der Waals surface area contributed by atoms with Gasteiger partial charge < -0.3 is 14.5 Å². The summed E-state index contributed by atoms with van der Waals surface area (Å²) in [5.41, 5.74) is 0.465. The van der Waals surface area contributed by atoms with Gasteiger partial charge in [-0.2, -0.15) is 0 Å². The monoisotopic (exact) mass is 265 g/mol. The van der Waals surface area contributed by atoms with Crippen LogP contribution in [0, 0.1) is 0 Å². The smallest absolute Gasteiger partial charge is 0.354 e. The maximum atomic E-state index is 11.5. The lowest BCUT2D eigenvalue weighted by Gasteiger charge is -2.17. The highest BCUT2D eigenvalue weighted by Gasteiger charge is 2.14. The van der Waals surface area contributed by atoms with Gasteiger partial charge in [0.1, 0.15) is 11.3 Å². The molecule has 1 heterocycles. The van der Waals surface area contributed by atoms with Crippen LogP contribution >= 0.6 is 0 Å². The Balaban J connectivity index is 2.63. The molecule has 0 bridgehead atoms. The van der Waals surface area contributed by atoms with E-state index in [9.17, 15) is 9.59 Å². The van der Waals surface area contributed by atoms with E-state index in [0.717, 1.165) is 0 Å². The van der Waals surface area contributed by atoms with Gasteiger partial charge in [-0.1, -0.05) is 0 Å². The van der Waals surface area contributed by atoms with Gasteiger partial charge in [-0.25, -0.2) is 9.59 Å². The summed E-state index contributed by atoms with van der Waals surface area (Å²) in [4.78, 5) is 25.7. The van der Waals surface area contributed by atoms with Gasteiger partial charge in [0.05, 0.1) is 6.61 Å². The Kier molecular flexibility index (Phi) is 4.92. The van der Waals surface area contributed by atoms with Crippen molar-refractivity contribution in [3.63, 3.8) is 0 Å². The van der Waals surface area contributed by atoms with Crippen LogP contribution in [0.5, 0.6) is 0 Å². The molecule has 0 aliphatic carbocycles. The molecular weight excluding hydrogens is 246 g/mol. The molecule has 5 nitrogen and oxygen atoms in total. The second kappa shape index (κ2) is 6.22. The molecule has 0 unspecified atom stereocenters. The highest BCUT2D eigenvalue weighted by molar-refractivity contribution is 5.89. The fourth-order valence-electron chi connectivity index (χ4n) is 1.33. The maximum Gasteiger partial charge on any atom is 0.354 e. The van der Waals surface area contributed by atoms with Gasteiger partial charge in [-0.05, 0) is 45.9 Å². The van der Waals surface area contributed by atoms with Gasteiger partial charge in [-0.3, -0.25) is 0 Å². The Morgan fingerprint density at radius 3 is 2.58 bits per heavy atom. The van der Waals surface area contributed by atoms with Crippen LogP contribution in [-0.2, 0) is 14.3 Å². The third-order valence-electron chi connectivity index (χ3n) is 2.01. The summed E-state index contributed by atoms with van der Waals surface area (Å²) in [5.74, 6) is -0.848. The minimum atomic E-state index is -0.521. The number of carbonyl (C=O) groups is 2. The predicted octanol–water partition coefficient (Wildman–Crippen LogP) is 2.55. The molecule has 0 saturated heterocycles. The summed E-state index contributed by atoms with van der Waals surface area (Å²) in [5, 5.41) is 0. The van der Waals surface area contributed by atoms with Crippen molar-refractivity contribution in [2.45, 2.75) is 33.3 Å². The van der Waals surface area contributed by atoms with Crippen molar-refractivity contribution in [3.8, 4) is 0 Å². The van der Waals surface area contributed by atoms with E-state index in [2.05, 4.69) is 4.98 Å². The largest absolute Gasteiger partial charge is 0.461 e. The van der Waals surface area contributed by atoms with Gasteiger partial charge in [0.15, 0.2) is 0 Å². The van der Waals surface area contributed by atoms with E-state index in [1.54, 1.807) is 45.9 Å². The molecule has 0 aliphatic heterocycles. The van der Waals surface area contributed by atoms with Crippen LogP contribution in [0.2, 0.25) is 0 Å². The SMILES string of the molecule is CCOC(=O)c1ccc(C=CC(=O)OC(C)(C)C)[nH]1. The first-order valence-corrected chi connectivity index (χ1v) is 6.09. The molecule has 0 amide bonds. The minimum absolute atomic E-state index is 0.320. The first kappa shape index (κ1) is 15.0. The molecule has 0 atom stereocenters. The zero-order valence-corrected chi connectivity index (χ0v) is 11.6. The summed E-state index contributed by atoms with van der Waals surface area (Å²) in [6.45, 7) is 7.45. The lowest BCUT2D eigenvalue weighted by atomic mass is 10.2. The Labute approximate surface area is 112 Å². The predicted molar refractivity (Wildman–Crippen MR) is 71.6 cm³/mol. The van der Waals surface area contributed by atoms with Gasteiger partial charge in [0.2, 0.25) is 0 Å². The van der Waals surface area contributed by atoms with Crippen molar-refractivity contribution < 1.29 is 19.1 Å². The third-order valence-corrected chi connectivity index (χ3v) is 2.01. The zero-order valence-electron chi connectivity index (χ0n) is 11.6. The lowest BCUT2D eigenvalue weighted by molar-refractivity contribution is -0.148. The lowest BCUT2D eigenvalue weighted by Crippen LogP contribution is -2.22. The van der Waals surface area contributed by atoms with Gasteiger partial charge >= 0.3 is 11.9 Å². The third kappa shape index (κ3) is 5.42. The van der Waals surface area contributed by atoms with Crippen LogP contribution < -0.4 is 0 Å². The van der Waals surface area contributed by atoms with E-state index in [4.69, 9.17) is 9.47 Å². The highest BCUT2D eigenvalue weighted by Crippen LogP contribution is 2.09. The highest BCUT2D eigenvalue weighted by atomic mass is 16.6. The Morgan fingerprint density at radius 1 is 1.32 bits per heavy atom.